The van der Waals surface area contributed by atoms with Crippen LogP contribution in [0.2, 0.25) is 0 Å². The Bertz CT molecular complexity index is 263. The van der Waals surface area contributed by atoms with Gasteiger partial charge in [-0.3, -0.25) is 4.79 Å². The van der Waals surface area contributed by atoms with Crippen LogP contribution in [0.15, 0.2) is 0 Å². The van der Waals surface area contributed by atoms with E-state index in [0.29, 0.717) is 6.61 Å². The molecule has 0 aliphatic carbocycles. The van der Waals surface area contributed by atoms with Crippen LogP contribution in [0.4, 0.5) is 0 Å². The molecule has 0 rings (SSSR count). The summed E-state index contributed by atoms with van der Waals surface area (Å²) in [6.45, 7) is 7.32. The second-order valence-electron chi connectivity index (χ2n) is 7.33. The number of carbonyl (C=O) groups is 1. The summed E-state index contributed by atoms with van der Waals surface area (Å²) in [6, 6.07) is 0. The van der Waals surface area contributed by atoms with E-state index in [2.05, 4.69) is 20.8 Å². The summed E-state index contributed by atoms with van der Waals surface area (Å²) in [5, 5.41) is 0. The van der Waals surface area contributed by atoms with Crippen molar-refractivity contribution < 1.29 is 9.53 Å². The topological polar surface area (TPSA) is 26.3 Å². The van der Waals surface area contributed by atoms with E-state index < -0.39 is 0 Å². The summed E-state index contributed by atoms with van der Waals surface area (Å²) in [5.41, 5.74) is 0. The van der Waals surface area contributed by atoms with Crippen LogP contribution in [-0.2, 0) is 9.53 Å². The largest absolute Gasteiger partial charge is 0.465 e. The first-order valence-electron chi connectivity index (χ1n) is 10.9. The van der Waals surface area contributed by atoms with Crippen LogP contribution in [0.3, 0.4) is 0 Å². The molecule has 0 radical (unpaired) electrons. The zero-order chi connectivity index (χ0) is 17.9. The zero-order valence-corrected chi connectivity index (χ0v) is 16.9. The van der Waals surface area contributed by atoms with Gasteiger partial charge in [-0.25, -0.2) is 0 Å². The normalized spacial score (nSPS) is 12.3. The Kier molecular flexibility index (Phi) is 18.4. The number of hydrogen-bond donors (Lipinski definition) is 0. The van der Waals surface area contributed by atoms with E-state index in [9.17, 15) is 4.79 Å². The van der Waals surface area contributed by atoms with Gasteiger partial charge in [0, 0.05) is 0 Å². The van der Waals surface area contributed by atoms with Crippen LogP contribution in [0.1, 0.15) is 124 Å². The molecule has 0 aromatic heterocycles. The van der Waals surface area contributed by atoms with Gasteiger partial charge in [-0.1, -0.05) is 104 Å². The Morgan fingerprint density at radius 2 is 1.04 bits per heavy atom. The summed E-state index contributed by atoms with van der Waals surface area (Å²) < 4.78 is 5.56. The maximum absolute atomic E-state index is 12.4. The molecule has 0 heterocycles. The lowest BCUT2D eigenvalue weighted by Crippen LogP contribution is -2.18. The zero-order valence-electron chi connectivity index (χ0n) is 16.9. The Labute approximate surface area is 152 Å². The number of esters is 1. The fourth-order valence-electron chi connectivity index (χ4n) is 3.19. The Balaban J connectivity index is 3.98. The van der Waals surface area contributed by atoms with Crippen molar-refractivity contribution in [3.05, 3.63) is 0 Å². The van der Waals surface area contributed by atoms with Crippen molar-refractivity contribution in [2.75, 3.05) is 6.61 Å². The SMILES string of the molecule is CCCCCCCCC(CCCCCC)C(=O)OCCCCCC. The average molecular weight is 341 g/mol. The van der Waals surface area contributed by atoms with Gasteiger partial charge in [-0.15, -0.1) is 0 Å². The lowest BCUT2D eigenvalue weighted by Gasteiger charge is -2.16. The van der Waals surface area contributed by atoms with E-state index in [4.69, 9.17) is 4.74 Å². The third-order valence-electron chi connectivity index (χ3n) is 4.89. The molecule has 0 aromatic rings. The highest BCUT2D eigenvalue weighted by atomic mass is 16.5. The molecule has 1 unspecified atom stereocenters. The monoisotopic (exact) mass is 340 g/mol. The first kappa shape index (κ1) is 23.5. The average Bonchev–Trinajstić information content (AvgIpc) is 2.59. The van der Waals surface area contributed by atoms with E-state index in [-0.39, 0.29) is 11.9 Å². The van der Waals surface area contributed by atoms with Crippen LogP contribution in [0.25, 0.3) is 0 Å². The fraction of sp³-hybridized carbons (Fsp3) is 0.955. The number of hydrogen-bond acceptors (Lipinski definition) is 2. The standard InChI is InChI=1S/C22H44O2/c1-4-7-10-13-14-16-19-21(18-15-11-8-5-2)22(23)24-20-17-12-9-6-3/h21H,4-20H2,1-3H3. The molecule has 2 nitrogen and oxygen atoms in total. The third kappa shape index (κ3) is 15.0. The second kappa shape index (κ2) is 18.8. The predicted molar refractivity (Wildman–Crippen MR) is 105 cm³/mol. The lowest BCUT2D eigenvalue weighted by atomic mass is 9.94. The van der Waals surface area contributed by atoms with E-state index in [1.807, 2.05) is 0 Å². The van der Waals surface area contributed by atoms with Crippen molar-refractivity contribution in [3.8, 4) is 0 Å². The van der Waals surface area contributed by atoms with Crippen molar-refractivity contribution in [2.45, 2.75) is 124 Å². The highest BCUT2D eigenvalue weighted by Crippen LogP contribution is 2.20. The number of ether oxygens (including phenoxy) is 1. The quantitative estimate of drug-likeness (QED) is 0.191. The molecule has 0 saturated heterocycles. The van der Waals surface area contributed by atoms with Crippen molar-refractivity contribution in [3.63, 3.8) is 0 Å². The van der Waals surface area contributed by atoms with Crippen LogP contribution in [0.5, 0.6) is 0 Å². The van der Waals surface area contributed by atoms with E-state index >= 15 is 0 Å². The summed E-state index contributed by atoms with van der Waals surface area (Å²) >= 11 is 0. The van der Waals surface area contributed by atoms with Crippen molar-refractivity contribution in [2.24, 2.45) is 5.92 Å². The van der Waals surface area contributed by atoms with Gasteiger partial charge in [0.25, 0.3) is 0 Å². The predicted octanol–water partition coefficient (Wildman–Crippen LogP) is 7.45. The fourth-order valence-corrected chi connectivity index (χ4v) is 3.19. The Morgan fingerprint density at radius 3 is 1.58 bits per heavy atom. The minimum Gasteiger partial charge on any atom is -0.465 e. The van der Waals surface area contributed by atoms with Crippen molar-refractivity contribution in [1.29, 1.82) is 0 Å². The first-order valence-corrected chi connectivity index (χ1v) is 10.9. The molecule has 0 bridgehead atoms. The molecule has 2 heteroatoms. The summed E-state index contributed by atoms with van der Waals surface area (Å²) in [7, 11) is 0. The first-order chi connectivity index (χ1) is 11.8. The smallest absolute Gasteiger partial charge is 0.308 e. The van der Waals surface area contributed by atoms with Gasteiger partial charge < -0.3 is 4.74 Å². The molecule has 0 aliphatic heterocycles. The molecule has 0 amide bonds. The maximum Gasteiger partial charge on any atom is 0.308 e. The van der Waals surface area contributed by atoms with Gasteiger partial charge in [0.1, 0.15) is 0 Å². The molecule has 0 aliphatic rings. The summed E-state index contributed by atoms with van der Waals surface area (Å²) in [6.07, 6.45) is 19.5. The molecule has 0 fully saturated rings. The molecule has 0 aromatic carbocycles. The molecule has 0 saturated carbocycles. The second-order valence-corrected chi connectivity index (χ2v) is 7.33. The van der Waals surface area contributed by atoms with E-state index in [1.54, 1.807) is 0 Å². The highest BCUT2D eigenvalue weighted by molar-refractivity contribution is 5.72. The van der Waals surface area contributed by atoms with Crippen LogP contribution < -0.4 is 0 Å². The molecule has 1 atom stereocenters. The highest BCUT2D eigenvalue weighted by Gasteiger charge is 2.19. The number of rotatable bonds is 18. The molecule has 24 heavy (non-hydrogen) atoms. The summed E-state index contributed by atoms with van der Waals surface area (Å²) in [4.78, 5) is 12.4. The summed E-state index contributed by atoms with van der Waals surface area (Å²) in [5.74, 6) is 0.232. The Morgan fingerprint density at radius 1 is 0.625 bits per heavy atom. The van der Waals surface area contributed by atoms with Gasteiger partial charge in [-0.2, -0.15) is 0 Å². The van der Waals surface area contributed by atoms with Crippen LogP contribution >= 0.6 is 0 Å². The minimum atomic E-state index is 0.0801. The molecular formula is C22H44O2. The van der Waals surface area contributed by atoms with Crippen LogP contribution in [-0.4, -0.2) is 12.6 Å². The number of carbonyl (C=O) groups excluding carboxylic acids is 1. The molecule has 0 N–H and O–H groups in total. The molecular weight excluding hydrogens is 296 g/mol. The molecule has 0 spiro atoms. The van der Waals surface area contributed by atoms with Gasteiger partial charge in [-0.05, 0) is 19.3 Å². The molecule has 144 valence electrons. The van der Waals surface area contributed by atoms with Gasteiger partial charge in [0.2, 0.25) is 0 Å². The van der Waals surface area contributed by atoms with Crippen LogP contribution in [0, 0.1) is 5.92 Å². The van der Waals surface area contributed by atoms with Gasteiger partial charge in [0.05, 0.1) is 12.5 Å². The van der Waals surface area contributed by atoms with E-state index in [0.717, 1.165) is 19.3 Å². The third-order valence-corrected chi connectivity index (χ3v) is 4.89. The Hall–Kier alpha value is -0.530. The van der Waals surface area contributed by atoms with Gasteiger partial charge in [0.15, 0.2) is 0 Å². The lowest BCUT2D eigenvalue weighted by molar-refractivity contribution is -0.149. The maximum atomic E-state index is 12.4. The van der Waals surface area contributed by atoms with E-state index in [1.165, 1.54) is 83.5 Å². The van der Waals surface area contributed by atoms with Gasteiger partial charge >= 0.3 is 5.97 Å². The number of unbranched alkanes of at least 4 members (excludes halogenated alkanes) is 11. The van der Waals surface area contributed by atoms with Crippen molar-refractivity contribution >= 4 is 5.97 Å². The van der Waals surface area contributed by atoms with Crippen molar-refractivity contribution in [1.82, 2.24) is 0 Å². The minimum absolute atomic E-state index is 0.0801.